The number of anilines is 1. The maximum absolute atomic E-state index is 13.6. The minimum absolute atomic E-state index is 0.0424. The molecule has 0 aliphatic carbocycles. The van der Waals surface area contributed by atoms with E-state index >= 15 is 0 Å². The number of aryl methyl sites for hydroxylation is 2. The minimum atomic E-state index is -0.559. The first-order chi connectivity index (χ1) is 10.9. The first kappa shape index (κ1) is 15.0. The van der Waals surface area contributed by atoms with Crippen LogP contribution < -0.4 is 10.1 Å². The summed E-state index contributed by atoms with van der Waals surface area (Å²) in [5.41, 5.74) is 1.39. The number of nitrogens with zero attached hydrogens (tertiary/aromatic N) is 1. The highest BCUT2D eigenvalue weighted by molar-refractivity contribution is 5.94. The second-order valence-corrected chi connectivity index (χ2v) is 5.30. The quantitative estimate of drug-likeness (QED) is 0.691. The summed E-state index contributed by atoms with van der Waals surface area (Å²) in [4.78, 5) is 22.1. The first-order valence-corrected chi connectivity index (χ1v) is 6.99. The van der Waals surface area contributed by atoms with Crippen molar-refractivity contribution in [3.8, 4) is 11.5 Å². The van der Waals surface area contributed by atoms with E-state index in [9.17, 15) is 19.3 Å². The molecule has 0 atom stereocenters. The van der Waals surface area contributed by atoms with Gasteiger partial charge >= 0.3 is 5.69 Å². The van der Waals surface area contributed by atoms with Gasteiger partial charge in [-0.15, -0.1) is 0 Å². The molecule has 1 aliphatic rings. The van der Waals surface area contributed by atoms with Crippen molar-refractivity contribution in [1.29, 1.82) is 0 Å². The van der Waals surface area contributed by atoms with Gasteiger partial charge in [-0.3, -0.25) is 14.9 Å². The van der Waals surface area contributed by atoms with Crippen molar-refractivity contribution in [2.45, 2.75) is 19.8 Å². The van der Waals surface area contributed by atoms with Crippen LogP contribution in [0.15, 0.2) is 30.3 Å². The molecular weight excluding hydrogens is 303 g/mol. The number of amides is 1. The van der Waals surface area contributed by atoms with E-state index in [1.807, 2.05) is 0 Å². The summed E-state index contributed by atoms with van der Waals surface area (Å²) in [6.45, 7) is 1.61. The molecule has 1 aliphatic heterocycles. The molecule has 1 heterocycles. The number of hydrogen-bond acceptors (Lipinski definition) is 4. The average molecular weight is 316 g/mol. The Hall–Kier alpha value is -2.96. The Morgan fingerprint density at radius 3 is 2.74 bits per heavy atom. The Balaban J connectivity index is 2.02. The van der Waals surface area contributed by atoms with Crippen LogP contribution in [0.4, 0.5) is 15.8 Å². The third-order valence-corrected chi connectivity index (χ3v) is 3.65. The molecule has 0 saturated carbocycles. The molecule has 6 nitrogen and oxygen atoms in total. The van der Waals surface area contributed by atoms with Gasteiger partial charge in [-0.2, -0.15) is 0 Å². The number of carbonyl (C=O) groups is 1. The van der Waals surface area contributed by atoms with Gasteiger partial charge in [0.15, 0.2) is 0 Å². The van der Waals surface area contributed by atoms with Crippen LogP contribution in [0.2, 0.25) is 0 Å². The Morgan fingerprint density at radius 1 is 1.26 bits per heavy atom. The molecule has 0 fully saturated rings. The van der Waals surface area contributed by atoms with Crippen molar-refractivity contribution in [3.05, 3.63) is 57.4 Å². The van der Waals surface area contributed by atoms with Gasteiger partial charge in [-0.1, -0.05) is 6.07 Å². The predicted octanol–water partition coefficient (Wildman–Crippen LogP) is 3.72. The Labute approximate surface area is 131 Å². The molecule has 0 spiro atoms. The van der Waals surface area contributed by atoms with Gasteiger partial charge in [-0.25, -0.2) is 4.39 Å². The number of carbonyl (C=O) groups excluding carboxylic acids is 1. The summed E-state index contributed by atoms with van der Waals surface area (Å²) in [6, 6.07) is 7.00. The summed E-state index contributed by atoms with van der Waals surface area (Å²) in [6.07, 6.45) is 0.717. The number of benzene rings is 2. The SMILES string of the molecule is Cc1ccc(Oc2cc3c(cc2[N+](=O)[O-])CCC(=O)N3)cc1F. The van der Waals surface area contributed by atoms with Crippen molar-refractivity contribution in [1.82, 2.24) is 0 Å². The number of ether oxygens (including phenoxy) is 1. The van der Waals surface area contributed by atoms with E-state index in [2.05, 4.69) is 5.32 Å². The van der Waals surface area contributed by atoms with Crippen molar-refractivity contribution >= 4 is 17.3 Å². The van der Waals surface area contributed by atoms with Gasteiger partial charge < -0.3 is 10.1 Å². The maximum Gasteiger partial charge on any atom is 0.311 e. The van der Waals surface area contributed by atoms with E-state index in [-0.39, 0.29) is 29.5 Å². The molecule has 2 aromatic carbocycles. The van der Waals surface area contributed by atoms with Gasteiger partial charge in [0.05, 0.1) is 4.92 Å². The number of nitrogens with one attached hydrogen (secondary N) is 1. The highest BCUT2D eigenvalue weighted by atomic mass is 19.1. The van der Waals surface area contributed by atoms with Crippen molar-refractivity contribution < 1.29 is 18.8 Å². The lowest BCUT2D eigenvalue weighted by molar-refractivity contribution is -0.385. The largest absolute Gasteiger partial charge is 0.450 e. The topological polar surface area (TPSA) is 81.5 Å². The average Bonchev–Trinajstić information content (AvgIpc) is 2.50. The van der Waals surface area contributed by atoms with Crippen molar-refractivity contribution in [2.24, 2.45) is 0 Å². The molecule has 0 aromatic heterocycles. The van der Waals surface area contributed by atoms with Crippen LogP contribution in [0.3, 0.4) is 0 Å². The highest BCUT2D eigenvalue weighted by Crippen LogP contribution is 2.38. The monoisotopic (exact) mass is 316 g/mol. The smallest absolute Gasteiger partial charge is 0.311 e. The Kier molecular flexibility index (Phi) is 3.69. The number of rotatable bonds is 3. The van der Waals surface area contributed by atoms with Crippen LogP contribution in [0.1, 0.15) is 17.5 Å². The fraction of sp³-hybridized carbons (Fsp3) is 0.188. The molecule has 0 unspecified atom stereocenters. The summed E-state index contributed by atoms with van der Waals surface area (Å²) < 4.78 is 19.1. The molecule has 118 valence electrons. The third kappa shape index (κ3) is 2.98. The summed E-state index contributed by atoms with van der Waals surface area (Å²) in [5, 5.41) is 13.9. The molecular formula is C16H13FN2O4. The number of nitro benzene ring substituents is 1. The van der Waals surface area contributed by atoms with Crippen LogP contribution in [0, 0.1) is 22.9 Å². The molecule has 0 bridgehead atoms. The molecule has 1 N–H and O–H groups in total. The second-order valence-electron chi connectivity index (χ2n) is 5.30. The standard InChI is InChI=1S/C16H13FN2O4/c1-9-2-4-11(7-12(9)17)23-15-8-13-10(3-5-16(20)18-13)6-14(15)19(21)22/h2,4,6-8H,3,5H2,1H3,(H,18,20). The number of nitro groups is 1. The minimum Gasteiger partial charge on any atom is -0.450 e. The Morgan fingerprint density at radius 2 is 2.04 bits per heavy atom. The maximum atomic E-state index is 13.6. The summed E-state index contributed by atoms with van der Waals surface area (Å²) in [7, 11) is 0. The normalized spacial score (nSPS) is 13.2. The highest BCUT2D eigenvalue weighted by Gasteiger charge is 2.24. The van der Waals surface area contributed by atoms with Crippen molar-refractivity contribution in [3.63, 3.8) is 0 Å². The van der Waals surface area contributed by atoms with Gasteiger partial charge in [0.25, 0.3) is 0 Å². The lowest BCUT2D eigenvalue weighted by Crippen LogP contribution is -2.19. The van der Waals surface area contributed by atoms with E-state index in [1.165, 1.54) is 24.3 Å². The fourth-order valence-corrected chi connectivity index (χ4v) is 2.38. The second kappa shape index (κ2) is 5.68. The number of hydrogen-bond donors (Lipinski definition) is 1. The lowest BCUT2D eigenvalue weighted by atomic mass is 10.0. The van der Waals surface area contributed by atoms with Crippen LogP contribution in [0.25, 0.3) is 0 Å². The Bertz CT molecular complexity index is 820. The van der Waals surface area contributed by atoms with E-state index in [4.69, 9.17) is 4.74 Å². The molecule has 0 saturated heterocycles. The van der Waals surface area contributed by atoms with E-state index in [0.717, 1.165) is 6.07 Å². The molecule has 3 rings (SSSR count). The zero-order valence-corrected chi connectivity index (χ0v) is 12.3. The zero-order valence-electron chi connectivity index (χ0n) is 12.3. The molecule has 1 amide bonds. The van der Waals surface area contributed by atoms with E-state index in [1.54, 1.807) is 6.92 Å². The van der Waals surface area contributed by atoms with Crippen LogP contribution >= 0.6 is 0 Å². The summed E-state index contributed by atoms with van der Waals surface area (Å²) >= 11 is 0. The molecule has 7 heteroatoms. The van der Waals surface area contributed by atoms with Crippen molar-refractivity contribution in [2.75, 3.05) is 5.32 Å². The first-order valence-electron chi connectivity index (χ1n) is 6.99. The van der Waals surface area contributed by atoms with Crippen LogP contribution in [-0.4, -0.2) is 10.8 Å². The molecule has 23 heavy (non-hydrogen) atoms. The van der Waals surface area contributed by atoms with E-state index in [0.29, 0.717) is 23.2 Å². The predicted molar refractivity (Wildman–Crippen MR) is 81.3 cm³/mol. The molecule has 0 radical (unpaired) electrons. The lowest BCUT2D eigenvalue weighted by Gasteiger charge is -2.18. The fourth-order valence-electron chi connectivity index (χ4n) is 2.38. The number of fused-ring (bicyclic) bond motifs is 1. The van der Waals surface area contributed by atoms with Gasteiger partial charge in [-0.05, 0) is 30.5 Å². The zero-order chi connectivity index (χ0) is 16.6. The third-order valence-electron chi connectivity index (χ3n) is 3.65. The summed E-state index contributed by atoms with van der Waals surface area (Å²) in [5.74, 6) is -0.507. The van der Waals surface area contributed by atoms with Crippen LogP contribution in [-0.2, 0) is 11.2 Å². The van der Waals surface area contributed by atoms with E-state index < -0.39 is 10.7 Å². The van der Waals surface area contributed by atoms with Gasteiger partial charge in [0, 0.05) is 30.3 Å². The molecule has 2 aromatic rings. The van der Waals surface area contributed by atoms with Gasteiger partial charge in [0.1, 0.15) is 11.6 Å². The van der Waals surface area contributed by atoms with Gasteiger partial charge in [0.2, 0.25) is 11.7 Å². The number of halogens is 1. The van der Waals surface area contributed by atoms with Crippen LogP contribution in [0.5, 0.6) is 11.5 Å².